The zero-order chi connectivity index (χ0) is 63.2. The lowest BCUT2D eigenvalue weighted by Crippen LogP contribution is -2.61. The van der Waals surface area contributed by atoms with Gasteiger partial charge in [0.2, 0.25) is 53.2 Å². The summed E-state index contributed by atoms with van der Waals surface area (Å²) in [7, 11) is 0. The van der Waals surface area contributed by atoms with Crippen LogP contribution in [0.4, 0.5) is 0 Å². The number of hydrogen-bond acceptors (Lipinski definition) is 14. The molecule has 9 amide bonds. The summed E-state index contributed by atoms with van der Waals surface area (Å²) < 4.78 is 0. The van der Waals surface area contributed by atoms with Gasteiger partial charge in [-0.05, 0) is 74.5 Å². The lowest BCUT2D eigenvalue weighted by atomic mass is 10.0. The molecule has 10 atom stereocenters. The van der Waals surface area contributed by atoms with Crippen molar-refractivity contribution < 1.29 is 58.2 Å². The molecule has 3 saturated heterocycles. The van der Waals surface area contributed by atoms with E-state index in [1.54, 1.807) is 91.0 Å². The Kier molecular flexibility index (Phi) is 25.3. The average Bonchev–Trinajstić information content (AvgIpc) is 2.59. The van der Waals surface area contributed by atoms with Crippen molar-refractivity contribution >= 4 is 71.1 Å². The third-order valence-electron chi connectivity index (χ3n) is 15.3. The Labute approximate surface area is 504 Å². The number of rotatable bonds is 30. The van der Waals surface area contributed by atoms with Gasteiger partial charge in [0, 0.05) is 65.0 Å². The Morgan fingerprint density at radius 2 is 0.977 bits per heavy atom. The summed E-state index contributed by atoms with van der Waals surface area (Å²) >= 11 is 0. The van der Waals surface area contributed by atoms with E-state index >= 15 is 0 Å². The van der Waals surface area contributed by atoms with E-state index in [9.17, 15) is 58.2 Å². The SMILES string of the molecule is CC(=O)NC1CC(C(=O)N2CCCC2C(=O)NC(Cc2ccccc2)C(=O)NC(CO)C(=O)NC(Cc2ccccc2)C(=O)NC(Cc2ccccc2)C(=O)NC(CCCN=C(N)N)C(=O)O)N(C(=O)C2CCCN2C(=O)C(N)CCCN=C(N)N)C1. The zero-order valence-electron chi connectivity index (χ0n) is 48.8. The fraction of sp³-hybridized carbons (Fsp3) is 0.492. The van der Waals surface area contributed by atoms with Crippen LogP contribution >= 0.6 is 0 Å². The van der Waals surface area contributed by atoms with Gasteiger partial charge in [-0.2, -0.15) is 0 Å². The normalized spacial score (nSPS) is 19.2. The Hall–Kier alpha value is -9.18. The van der Waals surface area contributed by atoms with Gasteiger partial charge >= 0.3 is 5.97 Å². The second-order valence-corrected chi connectivity index (χ2v) is 21.9. The molecule has 3 aromatic carbocycles. The van der Waals surface area contributed by atoms with Gasteiger partial charge < -0.3 is 85.5 Å². The van der Waals surface area contributed by atoms with Gasteiger partial charge in [-0.3, -0.25) is 53.1 Å². The lowest BCUT2D eigenvalue weighted by molar-refractivity contribution is -0.150. The third-order valence-corrected chi connectivity index (χ3v) is 15.3. The molecule has 10 unspecified atom stereocenters. The van der Waals surface area contributed by atoms with Crippen LogP contribution in [0.25, 0.3) is 0 Å². The molecule has 3 aliphatic rings. The van der Waals surface area contributed by atoms with Crippen LogP contribution in [-0.2, 0) is 67.2 Å². The van der Waals surface area contributed by atoms with Gasteiger partial charge in [0.25, 0.3) is 0 Å². The summed E-state index contributed by atoms with van der Waals surface area (Å²) in [4.78, 5) is 152. The Morgan fingerprint density at radius 3 is 1.45 bits per heavy atom. The van der Waals surface area contributed by atoms with Gasteiger partial charge in [-0.15, -0.1) is 0 Å². The second-order valence-electron chi connectivity index (χ2n) is 21.9. The highest BCUT2D eigenvalue weighted by Crippen LogP contribution is 2.30. The number of guanidine groups is 2. The van der Waals surface area contributed by atoms with E-state index in [-0.39, 0.29) is 96.0 Å². The summed E-state index contributed by atoms with van der Waals surface area (Å²) in [6, 6.07) is 13.6. The van der Waals surface area contributed by atoms with Crippen molar-refractivity contribution in [1.82, 2.24) is 46.6 Å². The maximum absolute atomic E-state index is 14.8. The van der Waals surface area contributed by atoms with Crippen molar-refractivity contribution in [3.05, 3.63) is 108 Å². The van der Waals surface area contributed by atoms with E-state index < -0.39 is 126 Å². The monoisotopic (exact) mass is 1210 g/mol. The van der Waals surface area contributed by atoms with Crippen molar-refractivity contribution in [2.45, 2.75) is 144 Å². The topological polar surface area (TPSA) is 448 Å². The van der Waals surface area contributed by atoms with Crippen LogP contribution in [0.15, 0.2) is 101 Å². The number of aliphatic hydroxyl groups excluding tert-OH is 1. The molecular formula is C59H82N16O12. The Bertz CT molecular complexity index is 2930. The molecule has 28 heteroatoms. The molecular weight excluding hydrogens is 1120 g/mol. The van der Waals surface area contributed by atoms with Gasteiger partial charge in [-0.25, -0.2) is 4.79 Å². The van der Waals surface area contributed by atoms with Crippen LogP contribution in [-0.4, -0.2) is 196 Å². The molecule has 3 aliphatic heterocycles. The predicted octanol–water partition coefficient (Wildman–Crippen LogP) is -3.26. The quantitative estimate of drug-likeness (QED) is 0.0177. The number of carbonyl (C=O) groups is 10. The number of aliphatic carboxylic acids is 1. The molecule has 0 aromatic heterocycles. The molecule has 28 nitrogen and oxygen atoms in total. The van der Waals surface area contributed by atoms with Crippen LogP contribution in [0, 0.1) is 0 Å². The number of nitrogens with zero attached hydrogens (tertiary/aromatic N) is 5. The number of benzene rings is 3. The first-order valence-corrected chi connectivity index (χ1v) is 29.2. The summed E-state index contributed by atoms with van der Waals surface area (Å²) in [5, 5.41) is 36.7. The lowest BCUT2D eigenvalue weighted by Gasteiger charge is -2.34. The molecule has 18 N–H and O–H groups in total. The number of nitrogens with one attached hydrogen (secondary N) is 6. The van der Waals surface area contributed by atoms with E-state index in [1.165, 1.54) is 21.6 Å². The highest BCUT2D eigenvalue weighted by atomic mass is 16.4. The molecule has 3 heterocycles. The van der Waals surface area contributed by atoms with E-state index in [1.807, 2.05) is 0 Å². The van der Waals surface area contributed by atoms with Crippen molar-refractivity contribution in [2.24, 2.45) is 38.7 Å². The van der Waals surface area contributed by atoms with Crippen molar-refractivity contribution in [2.75, 3.05) is 39.3 Å². The Morgan fingerprint density at radius 1 is 0.552 bits per heavy atom. The van der Waals surface area contributed by atoms with Gasteiger partial charge in [0.1, 0.15) is 48.3 Å². The first-order valence-electron chi connectivity index (χ1n) is 29.2. The molecule has 0 saturated carbocycles. The first-order chi connectivity index (χ1) is 41.6. The van der Waals surface area contributed by atoms with Gasteiger partial charge in [0.05, 0.1) is 12.6 Å². The van der Waals surface area contributed by atoms with Crippen LogP contribution in [0.1, 0.15) is 81.4 Å². The minimum absolute atomic E-state index is 0.0118. The maximum Gasteiger partial charge on any atom is 0.326 e. The zero-order valence-corrected chi connectivity index (χ0v) is 48.8. The summed E-state index contributed by atoms with van der Waals surface area (Å²) in [5.74, 6) is -7.92. The number of amides is 9. The number of carboxylic acids is 1. The summed E-state index contributed by atoms with van der Waals surface area (Å²) in [6.07, 6.45) is 1.78. The van der Waals surface area contributed by atoms with Crippen molar-refractivity contribution in [3.8, 4) is 0 Å². The minimum Gasteiger partial charge on any atom is -0.480 e. The molecule has 470 valence electrons. The number of aliphatic imine (C=N–C) groups is 2. The van der Waals surface area contributed by atoms with Gasteiger partial charge in [0.15, 0.2) is 11.9 Å². The fourth-order valence-corrected chi connectivity index (χ4v) is 11.0. The number of hydrogen-bond donors (Lipinski definition) is 13. The number of carboxylic acid groups (broad SMARTS) is 1. The standard InChI is InChI=1S/C59H82N16O12/c1-35(77)67-39-32-48(75(33-39)55(84)47-24-14-28-74(47)54(83)40(60)21-11-25-65-58(61)62)56(85)73-27-13-23-46(73)53(82)71-44(31-38-19-9-4-10-20-38)51(80)72-45(34-76)52(81)70-43(30-37-17-7-3-8-18-37)50(79)69-42(29-36-15-5-2-6-16-36)49(78)68-41(57(86)87)22-12-26-66-59(63)64/h2-10,15-20,39-48,76H,11-14,21-34,60H2,1H3,(H,67,77)(H,68,78)(H,69,79)(H,70,81)(H,71,82)(H,72,80)(H,86,87)(H4,61,62,65)(H4,63,64,66). The molecule has 0 aliphatic carbocycles. The predicted molar refractivity (Wildman–Crippen MR) is 320 cm³/mol. The van der Waals surface area contributed by atoms with Crippen LogP contribution in [0.5, 0.6) is 0 Å². The molecule has 3 aromatic rings. The third kappa shape index (κ3) is 19.9. The second kappa shape index (κ2) is 32.9. The minimum atomic E-state index is -1.72. The Balaban J connectivity index is 1.18. The van der Waals surface area contributed by atoms with Crippen molar-refractivity contribution in [1.29, 1.82) is 0 Å². The number of aliphatic hydroxyl groups is 1. The highest BCUT2D eigenvalue weighted by molar-refractivity contribution is 5.99. The largest absolute Gasteiger partial charge is 0.480 e. The first kappa shape index (κ1) is 67.0. The van der Waals surface area contributed by atoms with E-state index in [4.69, 9.17) is 28.7 Å². The van der Waals surface area contributed by atoms with Crippen LogP contribution < -0.4 is 60.6 Å². The number of likely N-dealkylation sites (tertiary alicyclic amines) is 3. The summed E-state index contributed by atoms with van der Waals surface area (Å²) in [5.41, 5.74) is 29.7. The molecule has 87 heavy (non-hydrogen) atoms. The molecule has 3 fully saturated rings. The number of nitrogens with two attached hydrogens (primary N) is 5. The van der Waals surface area contributed by atoms with Crippen LogP contribution in [0.2, 0.25) is 0 Å². The fourth-order valence-electron chi connectivity index (χ4n) is 11.0. The van der Waals surface area contributed by atoms with E-state index in [0.717, 1.165) is 0 Å². The number of carbonyl (C=O) groups excluding carboxylic acids is 9. The van der Waals surface area contributed by atoms with Crippen molar-refractivity contribution in [3.63, 3.8) is 0 Å². The van der Waals surface area contributed by atoms with Crippen LogP contribution in [0.3, 0.4) is 0 Å². The van der Waals surface area contributed by atoms with E-state index in [0.29, 0.717) is 42.4 Å². The molecule has 0 bridgehead atoms. The summed E-state index contributed by atoms with van der Waals surface area (Å²) in [6.45, 7) is 0.982. The van der Waals surface area contributed by atoms with Gasteiger partial charge in [-0.1, -0.05) is 91.0 Å². The highest BCUT2D eigenvalue weighted by Gasteiger charge is 2.49. The molecule has 6 rings (SSSR count). The average molecular weight is 1210 g/mol. The smallest absolute Gasteiger partial charge is 0.326 e. The molecule has 0 radical (unpaired) electrons. The van der Waals surface area contributed by atoms with E-state index in [2.05, 4.69) is 41.9 Å². The maximum atomic E-state index is 14.8. The molecule has 0 spiro atoms.